The number of aliphatic hydroxyl groups excluding tert-OH is 1. The fourth-order valence-corrected chi connectivity index (χ4v) is 1.41. The summed E-state index contributed by atoms with van der Waals surface area (Å²) in [4.78, 5) is 7.28. The van der Waals surface area contributed by atoms with Crippen LogP contribution in [0.5, 0.6) is 0 Å². The highest BCUT2D eigenvalue weighted by molar-refractivity contribution is 5.75. The first-order chi connectivity index (χ1) is 6.70. The molecule has 0 spiro atoms. The van der Waals surface area contributed by atoms with Gasteiger partial charge >= 0.3 is 0 Å². The Morgan fingerprint density at radius 3 is 3.07 bits per heavy atom. The van der Waals surface area contributed by atoms with Crippen molar-refractivity contribution in [3.05, 3.63) is 29.6 Å². The lowest BCUT2D eigenvalue weighted by Crippen LogP contribution is -2.12. The molecule has 1 atom stereocenters. The SMILES string of the molecule is Cc1ccc2nc(C(O)CN)[nH]c2c1. The van der Waals surface area contributed by atoms with Gasteiger partial charge in [0.25, 0.3) is 0 Å². The molecular formula is C10H13N3O. The summed E-state index contributed by atoms with van der Waals surface area (Å²) in [6.07, 6.45) is -0.706. The number of hydrogen-bond donors (Lipinski definition) is 3. The summed E-state index contributed by atoms with van der Waals surface area (Å²) in [5, 5.41) is 9.48. The maximum absolute atomic E-state index is 9.48. The van der Waals surface area contributed by atoms with Crippen LogP contribution in [0.1, 0.15) is 17.5 Å². The Morgan fingerprint density at radius 1 is 1.57 bits per heavy atom. The summed E-state index contributed by atoms with van der Waals surface area (Å²) in [5.41, 5.74) is 8.30. The largest absolute Gasteiger partial charge is 0.384 e. The standard InChI is InChI=1S/C10H13N3O/c1-6-2-3-7-8(4-6)13-10(12-7)9(14)5-11/h2-4,9,14H,5,11H2,1H3,(H,12,13). The zero-order chi connectivity index (χ0) is 10.1. The molecule has 74 valence electrons. The van der Waals surface area contributed by atoms with Crippen molar-refractivity contribution in [2.75, 3.05) is 6.54 Å². The zero-order valence-electron chi connectivity index (χ0n) is 7.99. The molecule has 0 fully saturated rings. The lowest BCUT2D eigenvalue weighted by molar-refractivity contribution is 0.178. The van der Waals surface area contributed by atoms with E-state index in [1.54, 1.807) is 0 Å². The number of fused-ring (bicyclic) bond motifs is 1. The molecule has 0 radical (unpaired) electrons. The average molecular weight is 191 g/mol. The number of imidazole rings is 1. The van der Waals surface area contributed by atoms with Crippen molar-refractivity contribution >= 4 is 11.0 Å². The van der Waals surface area contributed by atoms with Crippen LogP contribution < -0.4 is 5.73 Å². The number of benzene rings is 1. The molecule has 2 rings (SSSR count). The summed E-state index contributed by atoms with van der Waals surface area (Å²) in [6, 6.07) is 5.91. The minimum atomic E-state index is -0.706. The van der Waals surface area contributed by atoms with E-state index in [0.29, 0.717) is 5.82 Å². The third-order valence-corrected chi connectivity index (χ3v) is 2.19. The molecule has 0 saturated carbocycles. The number of aromatic nitrogens is 2. The minimum Gasteiger partial charge on any atom is -0.384 e. The highest BCUT2D eigenvalue weighted by atomic mass is 16.3. The molecule has 2 aromatic rings. The number of aromatic amines is 1. The van der Waals surface area contributed by atoms with Crippen molar-refractivity contribution in [1.29, 1.82) is 0 Å². The van der Waals surface area contributed by atoms with Gasteiger partial charge in [-0.05, 0) is 24.6 Å². The van der Waals surface area contributed by atoms with Gasteiger partial charge < -0.3 is 15.8 Å². The molecule has 1 aromatic carbocycles. The Balaban J connectivity index is 2.51. The molecule has 4 heteroatoms. The summed E-state index contributed by atoms with van der Waals surface area (Å²) < 4.78 is 0. The first-order valence-corrected chi connectivity index (χ1v) is 4.55. The number of H-pyrrole nitrogens is 1. The van der Waals surface area contributed by atoms with Crippen LogP contribution in [0, 0.1) is 6.92 Å². The number of hydrogen-bond acceptors (Lipinski definition) is 3. The van der Waals surface area contributed by atoms with Gasteiger partial charge in [-0.2, -0.15) is 0 Å². The van der Waals surface area contributed by atoms with Crippen LogP contribution >= 0.6 is 0 Å². The van der Waals surface area contributed by atoms with E-state index in [1.165, 1.54) is 0 Å². The van der Waals surface area contributed by atoms with Crippen molar-refractivity contribution in [2.45, 2.75) is 13.0 Å². The Labute approximate surface area is 81.8 Å². The molecule has 0 saturated heterocycles. The number of aryl methyl sites for hydroxylation is 1. The molecule has 0 bridgehead atoms. The topological polar surface area (TPSA) is 74.9 Å². The Kier molecular flexibility index (Phi) is 2.23. The highest BCUT2D eigenvalue weighted by Crippen LogP contribution is 2.16. The predicted molar refractivity (Wildman–Crippen MR) is 54.8 cm³/mol. The van der Waals surface area contributed by atoms with Gasteiger partial charge in [0.2, 0.25) is 0 Å². The van der Waals surface area contributed by atoms with Crippen LogP contribution in [-0.4, -0.2) is 21.6 Å². The third-order valence-electron chi connectivity index (χ3n) is 2.19. The summed E-state index contributed by atoms with van der Waals surface area (Å²) in [6.45, 7) is 2.19. The van der Waals surface area contributed by atoms with Crippen LogP contribution in [0.15, 0.2) is 18.2 Å². The maximum atomic E-state index is 9.48. The van der Waals surface area contributed by atoms with Gasteiger partial charge in [-0.3, -0.25) is 0 Å². The van der Waals surface area contributed by atoms with Crippen LogP contribution in [0.2, 0.25) is 0 Å². The van der Waals surface area contributed by atoms with Crippen LogP contribution in [0.3, 0.4) is 0 Å². The summed E-state index contributed by atoms with van der Waals surface area (Å²) >= 11 is 0. The molecule has 14 heavy (non-hydrogen) atoms. The zero-order valence-corrected chi connectivity index (χ0v) is 7.99. The Hall–Kier alpha value is -1.39. The second kappa shape index (κ2) is 3.40. The van der Waals surface area contributed by atoms with Gasteiger partial charge in [-0.1, -0.05) is 6.07 Å². The van der Waals surface area contributed by atoms with Crippen LogP contribution in [-0.2, 0) is 0 Å². The first kappa shape index (κ1) is 9.18. The van der Waals surface area contributed by atoms with Crippen molar-refractivity contribution in [3.63, 3.8) is 0 Å². The minimum absolute atomic E-state index is 0.179. The average Bonchev–Trinajstić information content (AvgIpc) is 2.59. The number of rotatable bonds is 2. The Morgan fingerprint density at radius 2 is 2.36 bits per heavy atom. The van der Waals surface area contributed by atoms with Gasteiger partial charge in [-0.25, -0.2) is 4.98 Å². The molecular weight excluding hydrogens is 178 g/mol. The predicted octanol–water partition coefficient (Wildman–Crippen LogP) is 0.863. The van der Waals surface area contributed by atoms with Crippen molar-refractivity contribution in [2.24, 2.45) is 5.73 Å². The second-order valence-corrected chi connectivity index (χ2v) is 3.39. The quantitative estimate of drug-likeness (QED) is 0.659. The lowest BCUT2D eigenvalue weighted by atomic mass is 10.2. The molecule has 0 aliphatic rings. The fraction of sp³-hybridized carbons (Fsp3) is 0.300. The monoisotopic (exact) mass is 191 g/mol. The lowest BCUT2D eigenvalue weighted by Gasteiger charge is -2.01. The fourth-order valence-electron chi connectivity index (χ4n) is 1.41. The van der Waals surface area contributed by atoms with E-state index in [2.05, 4.69) is 9.97 Å². The molecule has 1 heterocycles. The van der Waals surface area contributed by atoms with Crippen molar-refractivity contribution in [1.82, 2.24) is 9.97 Å². The van der Waals surface area contributed by atoms with Gasteiger partial charge in [0.15, 0.2) is 0 Å². The molecule has 0 amide bonds. The number of nitrogens with one attached hydrogen (secondary N) is 1. The Bertz CT molecular complexity index is 450. The smallest absolute Gasteiger partial charge is 0.137 e. The third kappa shape index (κ3) is 1.49. The van der Waals surface area contributed by atoms with E-state index >= 15 is 0 Å². The van der Waals surface area contributed by atoms with E-state index in [1.807, 2.05) is 25.1 Å². The van der Waals surface area contributed by atoms with Gasteiger partial charge in [-0.15, -0.1) is 0 Å². The molecule has 0 aliphatic heterocycles. The number of nitrogens with two attached hydrogens (primary N) is 1. The van der Waals surface area contributed by atoms with E-state index < -0.39 is 6.10 Å². The van der Waals surface area contributed by atoms with Crippen LogP contribution in [0.4, 0.5) is 0 Å². The van der Waals surface area contributed by atoms with Crippen molar-refractivity contribution in [3.8, 4) is 0 Å². The number of nitrogens with zero attached hydrogens (tertiary/aromatic N) is 1. The van der Waals surface area contributed by atoms with E-state index in [-0.39, 0.29) is 6.54 Å². The van der Waals surface area contributed by atoms with E-state index in [4.69, 9.17) is 5.73 Å². The molecule has 1 unspecified atom stereocenters. The second-order valence-electron chi connectivity index (χ2n) is 3.39. The molecule has 1 aromatic heterocycles. The van der Waals surface area contributed by atoms with Crippen LogP contribution in [0.25, 0.3) is 11.0 Å². The van der Waals surface area contributed by atoms with Gasteiger partial charge in [0.05, 0.1) is 11.0 Å². The van der Waals surface area contributed by atoms with E-state index in [9.17, 15) is 5.11 Å². The normalized spacial score (nSPS) is 13.4. The van der Waals surface area contributed by atoms with Gasteiger partial charge in [0.1, 0.15) is 11.9 Å². The number of aliphatic hydroxyl groups is 1. The van der Waals surface area contributed by atoms with E-state index in [0.717, 1.165) is 16.6 Å². The first-order valence-electron chi connectivity index (χ1n) is 4.55. The molecule has 4 N–H and O–H groups in total. The molecule has 0 aliphatic carbocycles. The highest BCUT2D eigenvalue weighted by Gasteiger charge is 2.10. The summed E-state index contributed by atoms with van der Waals surface area (Å²) in [7, 11) is 0. The maximum Gasteiger partial charge on any atom is 0.137 e. The van der Waals surface area contributed by atoms with Gasteiger partial charge in [0, 0.05) is 6.54 Å². The van der Waals surface area contributed by atoms with Crippen molar-refractivity contribution < 1.29 is 5.11 Å². The molecule has 4 nitrogen and oxygen atoms in total. The summed E-state index contributed by atoms with van der Waals surface area (Å²) in [5.74, 6) is 0.535.